The van der Waals surface area contributed by atoms with Crippen LogP contribution < -0.4 is 0 Å². The molecule has 0 saturated carbocycles. The van der Waals surface area contributed by atoms with Crippen molar-refractivity contribution in [1.29, 1.82) is 5.26 Å². The first kappa shape index (κ1) is 29.2. The zero-order valence-electron chi connectivity index (χ0n) is 7.71. The molecule has 0 aromatic heterocycles. The van der Waals surface area contributed by atoms with Gasteiger partial charge in [-0.15, -0.1) is 0 Å². The Morgan fingerprint density at radius 2 is 1.60 bits per heavy atom. The second-order valence-electron chi connectivity index (χ2n) is 2.01. The second kappa shape index (κ2) is 15.2. The van der Waals surface area contributed by atoms with Crippen LogP contribution in [0.3, 0.4) is 0 Å². The van der Waals surface area contributed by atoms with Crippen molar-refractivity contribution < 1.29 is 23.5 Å². The minimum Gasteiger partial charge on any atom is -0.269 e. The third kappa shape index (κ3) is 10.6. The van der Waals surface area contributed by atoms with Crippen LogP contribution in [-0.2, 0) is 0 Å². The van der Waals surface area contributed by atoms with E-state index in [1.54, 1.807) is 0 Å². The minimum absolute atomic E-state index is 0. The van der Waals surface area contributed by atoms with Crippen molar-refractivity contribution in [3.63, 3.8) is 0 Å². The first-order valence-electron chi connectivity index (χ1n) is 2.95. The van der Waals surface area contributed by atoms with Gasteiger partial charge in [-0.05, 0) is 36.4 Å². The lowest BCUT2D eigenvalue weighted by Crippen LogP contribution is -1.71. The topological polar surface area (TPSA) is 23.8 Å². The third-order valence-electron chi connectivity index (χ3n) is 1.15. The van der Waals surface area contributed by atoms with E-state index in [0.717, 1.165) is 4.90 Å². The maximum absolute atomic E-state index is 8.32. The van der Waals surface area contributed by atoms with Crippen molar-refractivity contribution in [3.8, 4) is 5.40 Å². The van der Waals surface area contributed by atoms with Gasteiger partial charge in [-0.1, -0.05) is 12.1 Å². The van der Waals surface area contributed by atoms with Crippen molar-refractivity contribution in [2.24, 2.45) is 0 Å². The number of nitrogens with zero attached hydrogens (tertiary/aromatic N) is 1. The number of rotatable bonds is 1. The Morgan fingerprint density at radius 1 is 1.07 bits per heavy atom. The Bertz CT molecular complexity index is 276. The number of aryl methyl sites for hydroxylation is 1. The van der Waals surface area contributed by atoms with Gasteiger partial charge in [-0.3, -0.25) is 23.5 Å². The van der Waals surface area contributed by atoms with Crippen molar-refractivity contribution in [2.45, 2.75) is 11.8 Å². The summed E-state index contributed by atoms with van der Waals surface area (Å²) in [5.74, 6) is 0. The van der Waals surface area contributed by atoms with E-state index in [1.165, 1.54) is 17.3 Å². The molecule has 1 nitrogen and oxygen atoms in total. The summed E-state index contributed by atoms with van der Waals surface area (Å²) < 4.78 is 0. The molecule has 0 N–H and O–H groups in total. The van der Waals surface area contributed by atoms with Crippen LogP contribution >= 0.6 is 11.8 Å². The fourth-order valence-electron chi connectivity index (χ4n) is 0.732. The first-order valence-corrected chi connectivity index (χ1v) is 3.77. The number of benzene rings is 1. The molecule has 1 aromatic carbocycles. The van der Waals surface area contributed by atoms with E-state index < -0.39 is 0 Å². The zero-order chi connectivity index (χ0) is 7.40. The van der Waals surface area contributed by atoms with Gasteiger partial charge >= 0.3 is 0 Å². The van der Waals surface area contributed by atoms with Crippen molar-refractivity contribution in [3.05, 3.63) is 29.8 Å². The standard InChI is InChI=1S/C8H7NS.5FH/c1-7-3-2-4-8(5-7)10-6-9;;;;;/h2-5H,1H3;5*1H. The van der Waals surface area contributed by atoms with E-state index in [0.29, 0.717) is 0 Å². The van der Waals surface area contributed by atoms with E-state index in [1.807, 2.05) is 36.6 Å². The number of hydrogen-bond donors (Lipinski definition) is 0. The average molecular weight is 249 g/mol. The second-order valence-corrected chi connectivity index (χ2v) is 2.87. The molecule has 90 valence electrons. The molecule has 0 heterocycles. The Hall–Kier alpha value is -1.29. The van der Waals surface area contributed by atoms with Crippen LogP contribution in [0.25, 0.3) is 0 Å². The van der Waals surface area contributed by atoms with Crippen LogP contribution in [-0.4, -0.2) is 0 Å². The molecule has 0 fully saturated rings. The SMILES string of the molecule is Cc1cccc(SC#N)c1.F.F.F.F.F. The van der Waals surface area contributed by atoms with E-state index in [4.69, 9.17) is 5.26 Å². The molecule has 0 radical (unpaired) electrons. The van der Waals surface area contributed by atoms with E-state index in [2.05, 4.69) is 0 Å². The molecule has 0 bridgehead atoms. The van der Waals surface area contributed by atoms with Gasteiger partial charge in [0.15, 0.2) is 0 Å². The van der Waals surface area contributed by atoms with Crippen LogP contribution in [0, 0.1) is 17.6 Å². The summed E-state index contributed by atoms with van der Waals surface area (Å²) in [5.41, 5.74) is 1.19. The van der Waals surface area contributed by atoms with E-state index in [9.17, 15) is 0 Å². The van der Waals surface area contributed by atoms with Crippen LogP contribution in [0.4, 0.5) is 23.5 Å². The lowest BCUT2D eigenvalue weighted by Gasteiger charge is -1.93. The van der Waals surface area contributed by atoms with Crippen LogP contribution in [0.2, 0.25) is 0 Å². The summed E-state index contributed by atoms with van der Waals surface area (Å²) in [6.45, 7) is 2.02. The predicted octanol–water partition coefficient (Wildman–Crippen LogP) is 3.33. The maximum atomic E-state index is 8.32. The minimum atomic E-state index is 0. The quantitative estimate of drug-likeness (QED) is 0.433. The van der Waals surface area contributed by atoms with Gasteiger partial charge in [-0.25, -0.2) is 0 Å². The van der Waals surface area contributed by atoms with Gasteiger partial charge in [0.05, 0.1) is 0 Å². The normalized spacial score (nSPS) is 5.87. The summed E-state index contributed by atoms with van der Waals surface area (Å²) >= 11 is 1.19. The number of thioether (sulfide) groups is 1. The Kier molecular flexibility index (Phi) is 29.6. The number of hydrogen-bond acceptors (Lipinski definition) is 2. The van der Waals surface area contributed by atoms with Crippen LogP contribution in [0.15, 0.2) is 29.2 Å². The molecule has 0 unspecified atom stereocenters. The van der Waals surface area contributed by atoms with Crippen LogP contribution in [0.1, 0.15) is 5.56 Å². The lowest BCUT2D eigenvalue weighted by atomic mass is 10.2. The van der Waals surface area contributed by atoms with Crippen molar-refractivity contribution >= 4 is 11.8 Å². The van der Waals surface area contributed by atoms with E-state index in [-0.39, 0.29) is 23.5 Å². The molecule has 0 aliphatic rings. The Balaban J connectivity index is -0.0000000667. The molecule has 0 spiro atoms. The van der Waals surface area contributed by atoms with Gasteiger partial charge < -0.3 is 0 Å². The molecule has 1 aromatic rings. The largest absolute Gasteiger partial charge is 0.269 e. The Morgan fingerprint density at radius 3 is 2.00 bits per heavy atom. The monoisotopic (exact) mass is 249 g/mol. The number of nitriles is 1. The molecule has 1 rings (SSSR count). The number of halogens is 5. The smallest absolute Gasteiger partial charge is 0.138 e. The molecular weight excluding hydrogens is 237 g/mol. The van der Waals surface area contributed by atoms with Gasteiger partial charge in [0.2, 0.25) is 0 Å². The first-order chi connectivity index (χ1) is 4.83. The molecule has 0 aliphatic heterocycles. The molecular formula is C8H12F5NS. The molecule has 0 amide bonds. The predicted molar refractivity (Wildman–Crippen MR) is 55.2 cm³/mol. The van der Waals surface area contributed by atoms with Crippen molar-refractivity contribution in [1.82, 2.24) is 0 Å². The molecule has 15 heavy (non-hydrogen) atoms. The summed E-state index contributed by atoms with van der Waals surface area (Å²) in [6, 6.07) is 7.89. The molecule has 0 saturated heterocycles. The van der Waals surface area contributed by atoms with E-state index >= 15 is 0 Å². The van der Waals surface area contributed by atoms with Gasteiger partial charge in [0, 0.05) is 4.90 Å². The highest BCUT2D eigenvalue weighted by atomic mass is 32.2. The number of thiocyanates is 1. The highest BCUT2D eigenvalue weighted by Gasteiger charge is 1.90. The van der Waals surface area contributed by atoms with Gasteiger partial charge in [0.25, 0.3) is 0 Å². The van der Waals surface area contributed by atoms with Crippen molar-refractivity contribution in [2.75, 3.05) is 0 Å². The maximum Gasteiger partial charge on any atom is 0.138 e. The summed E-state index contributed by atoms with van der Waals surface area (Å²) in [5, 5.41) is 10.4. The summed E-state index contributed by atoms with van der Waals surface area (Å²) in [6.07, 6.45) is 0. The van der Waals surface area contributed by atoms with Crippen LogP contribution in [0.5, 0.6) is 0 Å². The highest BCUT2D eigenvalue weighted by molar-refractivity contribution is 8.03. The molecule has 7 heteroatoms. The average Bonchev–Trinajstić information content (AvgIpc) is 1.88. The highest BCUT2D eigenvalue weighted by Crippen LogP contribution is 2.16. The molecule has 0 aliphatic carbocycles. The van der Waals surface area contributed by atoms with Gasteiger partial charge in [-0.2, -0.15) is 5.26 Å². The fourth-order valence-corrected chi connectivity index (χ4v) is 1.23. The Labute approximate surface area is 88.3 Å². The third-order valence-corrected chi connectivity index (χ3v) is 1.73. The zero-order valence-corrected chi connectivity index (χ0v) is 8.52. The fraction of sp³-hybridized carbons (Fsp3) is 0.125. The summed E-state index contributed by atoms with van der Waals surface area (Å²) in [7, 11) is 0. The lowest BCUT2D eigenvalue weighted by molar-refractivity contribution is 1.11. The molecule has 0 atom stereocenters. The van der Waals surface area contributed by atoms with Gasteiger partial charge in [0.1, 0.15) is 5.40 Å². The summed E-state index contributed by atoms with van der Waals surface area (Å²) in [4.78, 5) is 1.02.